The molecule has 0 aromatic carbocycles. The number of ether oxygens (including phenoxy) is 2. The van der Waals surface area contributed by atoms with Crippen LogP contribution in [0.3, 0.4) is 0 Å². The molecular formula is C55H102O5. The summed E-state index contributed by atoms with van der Waals surface area (Å²) in [4.78, 5) is 36.5. The summed E-state index contributed by atoms with van der Waals surface area (Å²) in [5, 5.41) is 0. The van der Waals surface area contributed by atoms with E-state index < -0.39 is 0 Å². The van der Waals surface area contributed by atoms with Gasteiger partial charge in [-0.25, -0.2) is 0 Å². The van der Waals surface area contributed by atoms with Gasteiger partial charge in [-0.1, -0.05) is 212 Å². The van der Waals surface area contributed by atoms with Crippen LogP contribution in [0.25, 0.3) is 0 Å². The third-order valence-electron chi connectivity index (χ3n) is 12.1. The minimum atomic E-state index is -0.0304. The summed E-state index contributed by atoms with van der Waals surface area (Å²) in [5.41, 5.74) is 0. The fourth-order valence-electron chi connectivity index (χ4n) is 8.14. The SMILES string of the molecule is CCCCCCCCCCCCCCCCCC(=O)OC(C/C=C/CCCCCCCC(=O)OC(C/C=C/CCCCCCCC(C)=O)CCCCCC)CCCCCC. The van der Waals surface area contributed by atoms with Crippen LogP contribution >= 0.6 is 0 Å². The quantitative estimate of drug-likeness (QED) is 0.0347. The molecule has 0 bridgehead atoms. The fourth-order valence-corrected chi connectivity index (χ4v) is 8.14. The number of rotatable bonds is 48. The number of allylic oxidation sites excluding steroid dienone is 2. The van der Waals surface area contributed by atoms with E-state index in [2.05, 4.69) is 45.1 Å². The second-order valence-electron chi connectivity index (χ2n) is 18.4. The van der Waals surface area contributed by atoms with Crippen molar-refractivity contribution in [2.75, 3.05) is 0 Å². The Labute approximate surface area is 374 Å². The van der Waals surface area contributed by atoms with E-state index in [4.69, 9.17) is 9.47 Å². The standard InChI is InChI=1S/C55H102O5/c1-5-8-11-14-15-16-17-18-19-20-21-22-30-35-42-49-54(57)59-53(46-39-13-10-7-3)48-41-34-29-25-26-31-36-43-50-55(58)60-52(45-38-12-9-6-2)47-40-33-28-24-23-27-32-37-44-51(4)56/h33-34,40-41,52-53H,5-32,35-39,42-50H2,1-4H3/b40-33+,41-34+. The van der Waals surface area contributed by atoms with Gasteiger partial charge in [0.25, 0.3) is 0 Å². The first-order valence-corrected chi connectivity index (χ1v) is 26.6. The van der Waals surface area contributed by atoms with Crippen LogP contribution in [0.15, 0.2) is 24.3 Å². The maximum absolute atomic E-state index is 12.7. The number of carbonyl (C=O) groups is 3. The van der Waals surface area contributed by atoms with Crippen molar-refractivity contribution >= 4 is 17.7 Å². The second kappa shape index (κ2) is 48.1. The van der Waals surface area contributed by atoms with E-state index in [0.29, 0.717) is 18.6 Å². The minimum Gasteiger partial charge on any atom is -0.462 e. The molecule has 0 spiro atoms. The minimum absolute atomic E-state index is 0.00158. The molecule has 5 nitrogen and oxygen atoms in total. The average molecular weight is 843 g/mol. The monoisotopic (exact) mass is 843 g/mol. The van der Waals surface area contributed by atoms with Gasteiger partial charge in [0.2, 0.25) is 0 Å². The largest absolute Gasteiger partial charge is 0.462 e. The van der Waals surface area contributed by atoms with Gasteiger partial charge in [0.15, 0.2) is 0 Å². The van der Waals surface area contributed by atoms with E-state index in [1.807, 2.05) is 0 Å². The summed E-state index contributed by atoms with van der Waals surface area (Å²) < 4.78 is 12.0. The Hall–Kier alpha value is -1.91. The third kappa shape index (κ3) is 45.6. The van der Waals surface area contributed by atoms with Crippen LogP contribution in [0.2, 0.25) is 0 Å². The van der Waals surface area contributed by atoms with Gasteiger partial charge in [-0.3, -0.25) is 9.59 Å². The molecule has 0 aliphatic heterocycles. The number of hydrogen-bond acceptors (Lipinski definition) is 5. The predicted molar refractivity (Wildman–Crippen MR) is 260 cm³/mol. The lowest BCUT2D eigenvalue weighted by molar-refractivity contribution is -0.150. The molecule has 0 N–H and O–H groups in total. The van der Waals surface area contributed by atoms with Crippen LogP contribution in [-0.2, 0) is 23.9 Å². The number of unbranched alkanes of at least 4 members (excludes halogenated alkanes) is 30. The van der Waals surface area contributed by atoms with Crippen LogP contribution in [0.1, 0.15) is 297 Å². The fraction of sp³-hybridized carbons (Fsp3) is 0.873. The van der Waals surface area contributed by atoms with Gasteiger partial charge in [-0.05, 0) is 77.6 Å². The Balaban J connectivity index is 4.19. The van der Waals surface area contributed by atoms with Gasteiger partial charge >= 0.3 is 11.9 Å². The lowest BCUT2D eigenvalue weighted by Crippen LogP contribution is -2.17. The molecule has 2 atom stereocenters. The first-order chi connectivity index (χ1) is 29.4. The molecule has 0 amide bonds. The zero-order chi connectivity index (χ0) is 43.8. The molecule has 60 heavy (non-hydrogen) atoms. The van der Waals surface area contributed by atoms with E-state index >= 15 is 0 Å². The molecule has 0 saturated carbocycles. The molecule has 0 aliphatic carbocycles. The lowest BCUT2D eigenvalue weighted by atomic mass is 10.0. The van der Waals surface area contributed by atoms with E-state index in [9.17, 15) is 14.4 Å². The van der Waals surface area contributed by atoms with Crippen molar-refractivity contribution in [3.05, 3.63) is 24.3 Å². The predicted octanol–water partition coefficient (Wildman–Crippen LogP) is 18.0. The molecule has 0 aromatic heterocycles. The topological polar surface area (TPSA) is 69.7 Å². The first-order valence-electron chi connectivity index (χ1n) is 26.6. The van der Waals surface area contributed by atoms with Gasteiger partial charge in [-0.2, -0.15) is 0 Å². The summed E-state index contributed by atoms with van der Waals surface area (Å²) in [6, 6.07) is 0. The van der Waals surface area contributed by atoms with Crippen LogP contribution in [0, 0.1) is 0 Å². The Kier molecular flexibility index (Phi) is 46.6. The van der Waals surface area contributed by atoms with Gasteiger partial charge in [0.1, 0.15) is 18.0 Å². The molecule has 0 saturated heterocycles. The Morgan fingerprint density at radius 3 is 0.967 bits per heavy atom. The highest BCUT2D eigenvalue weighted by atomic mass is 16.5. The Morgan fingerprint density at radius 1 is 0.350 bits per heavy atom. The van der Waals surface area contributed by atoms with Gasteiger partial charge in [0, 0.05) is 32.1 Å². The second-order valence-corrected chi connectivity index (χ2v) is 18.4. The summed E-state index contributed by atoms with van der Waals surface area (Å²) in [7, 11) is 0. The van der Waals surface area contributed by atoms with Crippen molar-refractivity contribution < 1.29 is 23.9 Å². The summed E-state index contributed by atoms with van der Waals surface area (Å²) >= 11 is 0. The molecule has 0 aliphatic rings. The lowest BCUT2D eigenvalue weighted by Gasteiger charge is -2.17. The van der Waals surface area contributed by atoms with Crippen molar-refractivity contribution in [3.8, 4) is 0 Å². The van der Waals surface area contributed by atoms with Crippen LogP contribution in [-0.4, -0.2) is 29.9 Å². The zero-order valence-electron chi connectivity index (χ0n) is 40.7. The normalized spacial score (nSPS) is 12.7. The highest BCUT2D eigenvalue weighted by Crippen LogP contribution is 2.19. The highest BCUT2D eigenvalue weighted by molar-refractivity contribution is 5.75. The van der Waals surface area contributed by atoms with Crippen molar-refractivity contribution in [3.63, 3.8) is 0 Å². The molecule has 2 unspecified atom stereocenters. The summed E-state index contributed by atoms with van der Waals surface area (Å²) in [6.45, 7) is 8.44. The zero-order valence-corrected chi connectivity index (χ0v) is 40.7. The van der Waals surface area contributed by atoms with Crippen LogP contribution in [0.5, 0.6) is 0 Å². The van der Waals surface area contributed by atoms with E-state index in [1.165, 1.54) is 148 Å². The highest BCUT2D eigenvalue weighted by Gasteiger charge is 2.14. The third-order valence-corrected chi connectivity index (χ3v) is 12.1. The summed E-state index contributed by atoms with van der Waals surface area (Å²) in [5.74, 6) is 0.267. The molecule has 0 rings (SSSR count). The van der Waals surface area contributed by atoms with Crippen LogP contribution in [0.4, 0.5) is 0 Å². The summed E-state index contributed by atoms with van der Waals surface area (Å²) in [6.07, 6.45) is 57.4. The number of hydrogen-bond donors (Lipinski definition) is 0. The van der Waals surface area contributed by atoms with Crippen molar-refractivity contribution in [1.82, 2.24) is 0 Å². The molecule has 352 valence electrons. The van der Waals surface area contributed by atoms with E-state index in [-0.39, 0.29) is 24.1 Å². The van der Waals surface area contributed by atoms with E-state index in [1.54, 1.807) is 6.92 Å². The number of esters is 2. The van der Waals surface area contributed by atoms with Crippen molar-refractivity contribution in [1.29, 1.82) is 0 Å². The Bertz CT molecular complexity index is 985. The van der Waals surface area contributed by atoms with Crippen LogP contribution < -0.4 is 0 Å². The van der Waals surface area contributed by atoms with Gasteiger partial charge < -0.3 is 14.3 Å². The Morgan fingerprint density at radius 2 is 0.633 bits per heavy atom. The van der Waals surface area contributed by atoms with Gasteiger partial charge in [0.05, 0.1) is 0 Å². The molecule has 0 fully saturated rings. The number of Topliss-reactive ketones (excluding diaryl/α,β-unsaturated/α-hetero) is 1. The smallest absolute Gasteiger partial charge is 0.306 e. The molecule has 0 radical (unpaired) electrons. The maximum atomic E-state index is 12.7. The molecule has 0 heterocycles. The molecule has 5 heteroatoms. The van der Waals surface area contributed by atoms with Crippen molar-refractivity contribution in [2.24, 2.45) is 0 Å². The maximum Gasteiger partial charge on any atom is 0.306 e. The van der Waals surface area contributed by atoms with E-state index in [0.717, 1.165) is 109 Å². The van der Waals surface area contributed by atoms with Crippen molar-refractivity contribution in [2.45, 2.75) is 310 Å². The number of ketones is 1. The molecular weight excluding hydrogens is 741 g/mol. The average Bonchev–Trinajstić information content (AvgIpc) is 3.23. The number of carbonyl (C=O) groups excluding carboxylic acids is 3. The first kappa shape index (κ1) is 58.1. The molecule has 0 aromatic rings. The van der Waals surface area contributed by atoms with Gasteiger partial charge in [-0.15, -0.1) is 0 Å².